The Morgan fingerprint density at radius 3 is 2.11 bits per heavy atom. The highest BCUT2D eigenvalue weighted by Crippen LogP contribution is 2.69. The van der Waals surface area contributed by atoms with Gasteiger partial charge < -0.3 is 29.7 Å². The molecule has 0 amide bonds. The van der Waals surface area contributed by atoms with Crippen molar-refractivity contribution in [1.29, 1.82) is 0 Å². The van der Waals surface area contributed by atoms with Crippen LogP contribution in [-0.4, -0.2) is 39.7 Å². The molecule has 0 fully saturated rings. The molecule has 0 saturated heterocycles. The number of nitrogens with one attached hydrogen (secondary N) is 1. The number of hydrogen-bond donors (Lipinski definition) is 6. The van der Waals surface area contributed by atoms with Crippen LogP contribution in [-0.2, 0) is 15.6 Å². The molecular weight excluding hydrogens is 286 g/mol. The van der Waals surface area contributed by atoms with E-state index in [1.807, 2.05) is 0 Å². The Labute approximate surface area is 102 Å². The SMILES string of the molecule is Cc1nc(CCC(O)(P(=O)(O)O)P(=O)(O)O)c[nH]1. The third-order valence-corrected chi connectivity index (χ3v) is 6.28. The Balaban J connectivity index is 2.95. The van der Waals surface area contributed by atoms with Crippen molar-refractivity contribution in [2.45, 2.75) is 24.8 Å². The molecule has 1 aromatic rings. The number of hydrogen-bond acceptors (Lipinski definition) is 4. The van der Waals surface area contributed by atoms with Crippen LogP contribution in [0.25, 0.3) is 0 Å². The quantitative estimate of drug-likeness (QED) is 0.402. The lowest BCUT2D eigenvalue weighted by atomic mass is 10.2. The Morgan fingerprint density at radius 2 is 1.78 bits per heavy atom. The van der Waals surface area contributed by atoms with Crippen LogP contribution in [0.15, 0.2) is 6.20 Å². The van der Waals surface area contributed by atoms with Crippen molar-refractivity contribution in [2.75, 3.05) is 0 Å². The molecular formula is C7H14N2O7P2. The second kappa shape index (κ2) is 4.86. The van der Waals surface area contributed by atoms with Gasteiger partial charge in [-0.1, -0.05) is 0 Å². The second-order valence-electron chi connectivity index (χ2n) is 3.84. The van der Waals surface area contributed by atoms with Crippen molar-refractivity contribution in [3.63, 3.8) is 0 Å². The van der Waals surface area contributed by atoms with E-state index in [9.17, 15) is 14.2 Å². The zero-order valence-corrected chi connectivity index (χ0v) is 11.2. The average Bonchev–Trinajstić information content (AvgIpc) is 2.57. The van der Waals surface area contributed by atoms with Crippen molar-refractivity contribution in [2.24, 2.45) is 0 Å². The highest BCUT2D eigenvalue weighted by atomic mass is 31.2. The van der Waals surface area contributed by atoms with E-state index in [0.717, 1.165) is 0 Å². The maximum Gasteiger partial charge on any atom is 0.369 e. The Hall–Kier alpha value is -0.530. The minimum atomic E-state index is -5.38. The summed E-state index contributed by atoms with van der Waals surface area (Å²) in [6, 6.07) is 0. The number of aromatic amines is 1. The molecule has 0 aliphatic rings. The predicted molar refractivity (Wildman–Crippen MR) is 60.7 cm³/mol. The van der Waals surface area contributed by atoms with Gasteiger partial charge in [0, 0.05) is 12.6 Å². The van der Waals surface area contributed by atoms with Gasteiger partial charge in [-0.15, -0.1) is 0 Å². The molecule has 104 valence electrons. The van der Waals surface area contributed by atoms with Crippen LogP contribution >= 0.6 is 15.2 Å². The summed E-state index contributed by atoms with van der Waals surface area (Å²) in [5, 5.41) is 6.21. The van der Waals surface area contributed by atoms with Crippen molar-refractivity contribution < 1.29 is 33.8 Å². The van der Waals surface area contributed by atoms with Crippen LogP contribution in [0.5, 0.6) is 0 Å². The van der Waals surface area contributed by atoms with Crippen LogP contribution in [0.2, 0.25) is 0 Å². The maximum atomic E-state index is 11.1. The van der Waals surface area contributed by atoms with Gasteiger partial charge in [0.25, 0.3) is 5.08 Å². The van der Waals surface area contributed by atoms with Crippen LogP contribution in [0.1, 0.15) is 17.9 Å². The number of aromatic nitrogens is 2. The van der Waals surface area contributed by atoms with E-state index < -0.39 is 26.7 Å². The number of aryl methyl sites for hydroxylation is 2. The molecule has 9 nitrogen and oxygen atoms in total. The summed E-state index contributed by atoms with van der Waals surface area (Å²) < 4.78 is 22.1. The van der Waals surface area contributed by atoms with Crippen LogP contribution in [0.4, 0.5) is 0 Å². The molecule has 0 saturated carbocycles. The third kappa shape index (κ3) is 3.07. The van der Waals surface area contributed by atoms with Gasteiger partial charge in [0.05, 0.1) is 5.69 Å². The minimum absolute atomic E-state index is 0.183. The molecule has 0 unspecified atom stereocenters. The van der Waals surface area contributed by atoms with Crippen LogP contribution in [0, 0.1) is 6.92 Å². The van der Waals surface area contributed by atoms with Gasteiger partial charge in [0.15, 0.2) is 0 Å². The van der Waals surface area contributed by atoms with E-state index in [4.69, 9.17) is 19.6 Å². The fourth-order valence-electron chi connectivity index (χ4n) is 1.35. The first-order valence-electron chi connectivity index (χ1n) is 4.82. The molecule has 0 radical (unpaired) electrons. The molecule has 11 heteroatoms. The monoisotopic (exact) mass is 300 g/mol. The number of nitrogens with zero attached hydrogens (tertiary/aromatic N) is 1. The molecule has 6 N–H and O–H groups in total. The summed E-state index contributed by atoms with van der Waals surface area (Å²) in [5.41, 5.74) is 0.341. The van der Waals surface area contributed by atoms with Crippen molar-refractivity contribution >= 4 is 15.2 Å². The summed E-state index contributed by atoms with van der Waals surface area (Å²) >= 11 is 0. The Kier molecular flexibility index (Phi) is 4.19. The van der Waals surface area contributed by atoms with Gasteiger partial charge in [0.2, 0.25) is 0 Å². The molecule has 1 rings (SSSR count). The van der Waals surface area contributed by atoms with Crippen LogP contribution < -0.4 is 0 Å². The average molecular weight is 300 g/mol. The largest absolute Gasteiger partial charge is 0.369 e. The highest BCUT2D eigenvalue weighted by molar-refractivity contribution is 7.72. The van der Waals surface area contributed by atoms with E-state index in [-0.39, 0.29) is 6.42 Å². The summed E-state index contributed by atoms with van der Waals surface area (Å²) in [6.45, 7) is 1.64. The molecule has 1 heterocycles. The summed E-state index contributed by atoms with van der Waals surface area (Å²) in [7, 11) is -10.8. The lowest BCUT2D eigenvalue weighted by Crippen LogP contribution is -2.29. The topological polar surface area (TPSA) is 164 Å². The van der Waals surface area contributed by atoms with E-state index in [1.54, 1.807) is 6.92 Å². The van der Waals surface area contributed by atoms with Crippen molar-refractivity contribution in [3.8, 4) is 0 Å². The van der Waals surface area contributed by atoms with Gasteiger partial charge in [-0.25, -0.2) is 4.98 Å². The first-order valence-corrected chi connectivity index (χ1v) is 8.04. The first-order chi connectivity index (χ1) is 7.97. The van der Waals surface area contributed by atoms with Gasteiger partial charge in [-0.2, -0.15) is 0 Å². The number of H-pyrrole nitrogens is 1. The molecule has 0 spiro atoms. The van der Waals surface area contributed by atoms with Gasteiger partial charge >= 0.3 is 15.2 Å². The smallest absolute Gasteiger partial charge is 0.368 e. The fraction of sp³-hybridized carbons (Fsp3) is 0.571. The maximum absolute atomic E-state index is 11.1. The number of imidazole rings is 1. The number of rotatable bonds is 5. The van der Waals surface area contributed by atoms with Gasteiger partial charge in [-0.05, 0) is 13.3 Å². The predicted octanol–water partition coefficient (Wildman–Crippen LogP) is -0.348. The third-order valence-electron chi connectivity index (χ3n) is 2.41. The first kappa shape index (κ1) is 15.5. The molecule has 0 aromatic carbocycles. The molecule has 1 aromatic heterocycles. The Morgan fingerprint density at radius 1 is 1.28 bits per heavy atom. The van der Waals surface area contributed by atoms with E-state index >= 15 is 0 Å². The molecule has 0 aliphatic carbocycles. The highest BCUT2D eigenvalue weighted by Gasteiger charge is 2.58. The molecule has 18 heavy (non-hydrogen) atoms. The Bertz CT molecular complexity index is 494. The lowest BCUT2D eigenvalue weighted by molar-refractivity contribution is 0.123. The van der Waals surface area contributed by atoms with Crippen molar-refractivity contribution in [3.05, 3.63) is 17.7 Å². The molecule has 0 bridgehead atoms. The minimum Gasteiger partial charge on any atom is -0.368 e. The van der Waals surface area contributed by atoms with Crippen LogP contribution in [0.3, 0.4) is 0 Å². The van der Waals surface area contributed by atoms with E-state index in [0.29, 0.717) is 11.5 Å². The zero-order valence-electron chi connectivity index (χ0n) is 9.39. The van der Waals surface area contributed by atoms with Gasteiger partial charge in [-0.3, -0.25) is 9.13 Å². The summed E-state index contributed by atoms with van der Waals surface area (Å²) in [4.78, 5) is 42.2. The van der Waals surface area contributed by atoms with E-state index in [1.165, 1.54) is 6.20 Å². The molecule has 0 aliphatic heterocycles. The number of aliphatic hydroxyl groups is 1. The van der Waals surface area contributed by atoms with E-state index in [2.05, 4.69) is 9.97 Å². The van der Waals surface area contributed by atoms with Gasteiger partial charge in [0.1, 0.15) is 5.82 Å². The summed E-state index contributed by atoms with van der Waals surface area (Å²) in [6.07, 6.45) is 0.442. The normalized spacial score (nSPS) is 13.9. The summed E-state index contributed by atoms with van der Waals surface area (Å²) in [5.74, 6) is 0.542. The standard InChI is InChI=1S/C7H14N2O7P2/c1-5-8-4-6(9-5)2-3-7(10,17(11,12)13)18(14,15)16/h4,10H,2-3H2,1H3,(H,8,9)(H2,11,12,13)(H2,14,15,16). The lowest BCUT2D eigenvalue weighted by Gasteiger charge is -2.28. The molecule has 0 atom stereocenters. The fourth-order valence-corrected chi connectivity index (χ4v) is 3.52. The van der Waals surface area contributed by atoms with Crippen molar-refractivity contribution in [1.82, 2.24) is 9.97 Å². The second-order valence-corrected chi connectivity index (χ2v) is 7.85. The zero-order chi connectivity index (χ0) is 14.2.